The minimum Gasteiger partial charge on any atom is -0.376 e. The van der Waals surface area contributed by atoms with Crippen molar-refractivity contribution in [3.63, 3.8) is 0 Å². The number of hydrogen-bond acceptors (Lipinski definition) is 3. The molecule has 1 aromatic heterocycles. The number of hydrogen-bond donors (Lipinski definition) is 0. The third-order valence-corrected chi connectivity index (χ3v) is 1.94. The number of nitrogens with zero attached hydrogens (tertiary/aromatic N) is 1. The van der Waals surface area contributed by atoms with Gasteiger partial charge in [-0.1, -0.05) is 0 Å². The van der Waals surface area contributed by atoms with Crippen LogP contribution in [0.5, 0.6) is 0 Å². The van der Waals surface area contributed by atoms with Crippen molar-refractivity contribution in [2.24, 2.45) is 0 Å². The molecule has 70 valence electrons. The first-order chi connectivity index (χ1) is 6.36. The summed E-state index contributed by atoms with van der Waals surface area (Å²) >= 11 is 0. The molecule has 1 unspecified atom stereocenters. The third kappa shape index (κ3) is 2.02. The monoisotopic (exact) mass is 183 g/mol. The van der Waals surface area contributed by atoms with Gasteiger partial charge in [-0.05, 0) is 17.7 Å². The number of rotatable bonds is 1. The fourth-order valence-electron chi connectivity index (χ4n) is 1.30. The van der Waals surface area contributed by atoms with Gasteiger partial charge in [0.25, 0.3) is 0 Å². The van der Waals surface area contributed by atoms with Gasteiger partial charge in [-0.25, -0.2) is 4.98 Å². The zero-order valence-corrected chi connectivity index (χ0v) is 7.07. The zero-order valence-electron chi connectivity index (χ0n) is 7.07. The van der Waals surface area contributed by atoms with Crippen LogP contribution >= 0.6 is 0 Å². The van der Waals surface area contributed by atoms with Crippen LogP contribution in [0.25, 0.3) is 0 Å². The van der Waals surface area contributed by atoms with E-state index in [9.17, 15) is 4.39 Å². The van der Waals surface area contributed by atoms with Crippen molar-refractivity contribution >= 4 is 0 Å². The van der Waals surface area contributed by atoms with Crippen molar-refractivity contribution in [1.82, 2.24) is 4.98 Å². The molecule has 2 rings (SSSR count). The standard InChI is InChI=1S/C9H10FNO2/c10-9-5-7(1-2-11-9)8-6-12-3-4-13-8/h1-2,5,8H,3-4,6H2. The highest BCUT2D eigenvalue weighted by Crippen LogP contribution is 2.20. The second kappa shape index (κ2) is 3.81. The molecule has 0 radical (unpaired) electrons. The van der Waals surface area contributed by atoms with Crippen molar-refractivity contribution < 1.29 is 13.9 Å². The summed E-state index contributed by atoms with van der Waals surface area (Å²) in [6, 6.07) is 3.11. The molecule has 0 N–H and O–H groups in total. The van der Waals surface area contributed by atoms with Crippen LogP contribution in [0, 0.1) is 5.95 Å². The van der Waals surface area contributed by atoms with Crippen LogP contribution in [-0.2, 0) is 9.47 Å². The van der Waals surface area contributed by atoms with Gasteiger partial charge in [-0.15, -0.1) is 0 Å². The largest absolute Gasteiger partial charge is 0.376 e. The number of pyridine rings is 1. The van der Waals surface area contributed by atoms with Crippen molar-refractivity contribution in [2.75, 3.05) is 19.8 Å². The van der Waals surface area contributed by atoms with Gasteiger partial charge < -0.3 is 9.47 Å². The van der Waals surface area contributed by atoms with Gasteiger partial charge in [0.15, 0.2) is 0 Å². The average molecular weight is 183 g/mol. The van der Waals surface area contributed by atoms with Crippen molar-refractivity contribution in [1.29, 1.82) is 0 Å². The van der Waals surface area contributed by atoms with Crippen LogP contribution in [-0.4, -0.2) is 24.8 Å². The Morgan fingerprint density at radius 1 is 1.46 bits per heavy atom. The van der Waals surface area contributed by atoms with E-state index in [0.717, 1.165) is 5.56 Å². The van der Waals surface area contributed by atoms with Crippen molar-refractivity contribution in [3.8, 4) is 0 Å². The summed E-state index contributed by atoms with van der Waals surface area (Å²) in [4.78, 5) is 3.47. The first kappa shape index (κ1) is 8.59. The molecule has 0 aromatic carbocycles. The van der Waals surface area contributed by atoms with E-state index >= 15 is 0 Å². The maximum absolute atomic E-state index is 12.7. The second-order valence-corrected chi connectivity index (χ2v) is 2.85. The first-order valence-corrected chi connectivity index (χ1v) is 4.17. The smallest absolute Gasteiger partial charge is 0.213 e. The van der Waals surface area contributed by atoms with Crippen LogP contribution in [0.1, 0.15) is 11.7 Å². The molecule has 1 atom stereocenters. The van der Waals surface area contributed by atoms with E-state index in [2.05, 4.69) is 4.98 Å². The van der Waals surface area contributed by atoms with Gasteiger partial charge in [0.05, 0.1) is 19.8 Å². The Hall–Kier alpha value is -1.00. The van der Waals surface area contributed by atoms with Crippen molar-refractivity contribution in [2.45, 2.75) is 6.10 Å². The molecule has 0 spiro atoms. The molecule has 1 saturated heterocycles. The summed E-state index contributed by atoms with van der Waals surface area (Å²) in [6.45, 7) is 1.67. The second-order valence-electron chi connectivity index (χ2n) is 2.85. The van der Waals surface area contributed by atoms with Gasteiger partial charge >= 0.3 is 0 Å². The third-order valence-electron chi connectivity index (χ3n) is 1.94. The number of ether oxygens (including phenoxy) is 2. The van der Waals surface area contributed by atoms with E-state index in [1.807, 2.05) is 0 Å². The molecular formula is C9H10FNO2. The Balaban J connectivity index is 2.14. The highest BCUT2D eigenvalue weighted by Gasteiger charge is 2.16. The summed E-state index contributed by atoms with van der Waals surface area (Å²) in [5.74, 6) is -0.480. The predicted octanol–water partition coefficient (Wildman–Crippen LogP) is 1.31. The molecular weight excluding hydrogens is 173 g/mol. The van der Waals surface area contributed by atoms with Crippen LogP contribution in [0.3, 0.4) is 0 Å². The molecule has 1 aliphatic rings. The summed E-state index contributed by atoms with van der Waals surface area (Å²) < 4.78 is 23.3. The summed E-state index contributed by atoms with van der Waals surface area (Å²) in [6.07, 6.45) is 1.29. The molecule has 1 fully saturated rings. The lowest BCUT2D eigenvalue weighted by atomic mass is 10.1. The quantitative estimate of drug-likeness (QED) is 0.615. The lowest BCUT2D eigenvalue weighted by molar-refractivity contribution is -0.0902. The average Bonchev–Trinajstić information content (AvgIpc) is 2.19. The highest BCUT2D eigenvalue weighted by atomic mass is 19.1. The summed E-state index contributed by atoms with van der Waals surface area (Å²) in [7, 11) is 0. The summed E-state index contributed by atoms with van der Waals surface area (Å²) in [5, 5.41) is 0. The van der Waals surface area contributed by atoms with Crippen LogP contribution in [0.15, 0.2) is 18.3 Å². The zero-order chi connectivity index (χ0) is 9.10. The fourth-order valence-corrected chi connectivity index (χ4v) is 1.30. The highest BCUT2D eigenvalue weighted by molar-refractivity contribution is 5.14. The normalized spacial score (nSPS) is 23.0. The van der Waals surface area contributed by atoms with Gasteiger partial charge in [0.1, 0.15) is 6.10 Å². The molecule has 1 aromatic rings. The maximum atomic E-state index is 12.7. The van der Waals surface area contributed by atoms with E-state index < -0.39 is 5.95 Å². The van der Waals surface area contributed by atoms with Crippen LogP contribution in [0.2, 0.25) is 0 Å². The molecule has 1 aliphatic heterocycles. The van der Waals surface area contributed by atoms with E-state index in [1.165, 1.54) is 12.3 Å². The summed E-state index contributed by atoms with van der Waals surface area (Å²) in [5.41, 5.74) is 0.784. The maximum Gasteiger partial charge on any atom is 0.213 e. The van der Waals surface area contributed by atoms with Gasteiger partial charge in [-0.2, -0.15) is 4.39 Å². The molecule has 3 nitrogen and oxygen atoms in total. The Morgan fingerprint density at radius 3 is 3.08 bits per heavy atom. The predicted molar refractivity (Wildman–Crippen MR) is 43.7 cm³/mol. The van der Waals surface area contributed by atoms with Crippen LogP contribution in [0.4, 0.5) is 4.39 Å². The van der Waals surface area contributed by atoms with Gasteiger partial charge in [-0.3, -0.25) is 0 Å². The van der Waals surface area contributed by atoms with Crippen molar-refractivity contribution in [3.05, 3.63) is 29.8 Å². The van der Waals surface area contributed by atoms with E-state index in [-0.39, 0.29) is 6.10 Å². The Bertz CT molecular complexity index is 287. The molecule has 0 aliphatic carbocycles. The SMILES string of the molecule is Fc1cc(C2COCCO2)ccn1. The minimum absolute atomic E-state index is 0.147. The fraction of sp³-hybridized carbons (Fsp3) is 0.444. The first-order valence-electron chi connectivity index (χ1n) is 4.17. The van der Waals surface area contributed by atoms with E-state index in [0.29, 0.717) is 19.8 Å². The molecule has 13 heavy (non-hydrogen) atoms. The van der Waals surface area contributed by atoms with Crippen LogP contribution < -0.4 is 0 Å². The molecule has 2 heterocycles. The lowest BCUT2D eigenvalue weighted by Crippen LogP contribution is -2.22. The van der Waals surface area contributed by atoms with Gasteiger partial charge in [0, 0.05) is 6.20 Å². The molecule has 4 heteroatoms. The molecule has 0 amide bonds. The number of aromatic nitrogens is 1. The minimum atomic E-state index is -0.480. The lowest BCUT2D eigenvalue weighted by Gasteiger charge is -2.22. The van der Waals surface area contributed by atoms with E-state index in [1.54, 1.807) is 6.07 Å². The van der Waals surface area contributed by atoms with Gasteiger partial charge in [0.2, 0.25) is 5.95 Å². The Kier molecular flexibility index (Phi) is 2.52. The Morgan fingerprint density at radius 2 is 2.38 bits per heavy atom. The molecule has 0 bridgehead atoms. The van der Waals surface area contributed by atoms with E-state index in [4.69, 9.17) is 9.47 Å². The Labute approximate surface area is 75.5 Å². The number of halogens is 1. The topological polar surface area (TPSA) is 31.4 Å². The molecule has 0 saturated carbocycles.